The van der Waals surface area contributed by atoms with E-state index in [1.54, 1.807) is 4.90 Å². The van der Waals surface area contributed by atoms with Crippen LogP contribution in [0.4, 0.5) is 9.52 Å². The Labute approximate surface area is 159 Å². The predicted octanol–water partition coefficient (Wildman–Crippen LogP) is 4.91. The number of benzene rings is 2. The van der Waals surface area contributed by atoms with Crippen LogP contribution in [-0.4, -0.2) is 30.1 Å². The van der Waals surface area contributed by atoms with Crippen molar-refractivity contribution < 1.29 is 13.9 Å². The molecule has 1 saturated heterocycles. The number of nitrogens with zero attached hydrogens (tertiary/aromatic N) is 2. The first-order valence-corrected chi connectivity index (χ1v) is 9.55. The highest BCUT2D eigenvalue weighted by Gasteiger charge is 2.28. The summed E-state index contributed by atoms with van der Waals surface area (Å²) >= 11 is 7.56. The van der Waals surface area contributed by atoms with Gasteiger partial charge in [-0.15, -0.1) is 0 Å². The fourth-order valence-electron chi connectivity index (χ4n) is 3.02. The van der Waals surface area contributed by atoms with Gasteiger partial charge in [-0.3, -0.25) is 9.69 Å². The number of thiazole rings is 1. The van der Waals surface area contributed by atoms with E-state index >= 15 is 0 Å². The summed E-state index contributed by atoms with van der Waals surface area (Å²) in [7, 11) is 0. The lowest BCUT2D eigenvalue weighted by Crippen LogP contribution is -2.37. The van der Waals surface area contributed by atoms with Crippen LogP contribution in [0.25, 0.3) is 10.2 Å². The van der Waals surface area contributed by atoms with Crippen LogP contribution < -0.4 is 4.90 Å². The van der Waals surface area contributed by atoms with Crippen molar-refractivity contribution in [3.63, 3.8) is 0 Å². The molecule has 0 unspecified atom stereocenters. The fourth-order valence-corrected chi connectivity index (χ4v) is 4.24. The number of anilines is 1. The molecule has 1 aliphatic heterocycles. The third-order valence-electron chi connectivity index (χ3n) is 4.33. The minimum absolute atomic E-state index is 0.0369. The van der Waals surface area contributed by atoms with Crippen LogP contribution in [0.15, 0.2) is 42.5 Å². The summed E-state index contributed by atoms with van der Waals surface area (Å²) in [6, 6.07) is 11.5. The van der Waals surface area contributed by atoms with Crippen LogP contribution in [0.2, 0.25) is 5.02 Å². The summed E-state index contributed by atoms with van der Waals surface area (Å²) in [4.78, 5) is 19.4. The average molecular weight is 391 g/mol. The van der Waals surface area contributed by atoms with Gasteiger partial charge < -0.3 is 4.74 Å². The second-order valence-corrected chi connectivity index (χ2v) is 7.56. The molecule has 1 atom stereocenters. The molecule has 4 nitrogen and oxygen atoms in total. The van der Waals surface area contributed by atoms with Crippen molar-refractivity contribution in [1.82, 2.24) is 4.98 Å². The third kappa shape index (κ3) is 3.45. The van der Waals surface area contributed by atoms with Gasteiger partial charge in [-0.1, -0.05) is 35.1 Å². The van der Waals surface area contributed by atoms with Gasteiger partial charge in [0.05, 0.1) is 33.5 Å². The number of halogens is 2. The molecule has 0 saturated carbocycles. The van der Waals surface area contributed by atoms with E-state index in [0.29, 0.717) is 18.3 Å². The molecule has 3 aromatic rings. The summed E-state index contributed by atoms with van der Waals surface area (Å²) in [6.45, 7) is 1.09. The number of hydrogen-bond acceptors (Lipinski definition) is 4. The van der Waals surface area contributed by atoms with Gasteiger partial charge in [0.25, 0.3) is 5.91 Å². The van der Waals surface area contributed by atoms with Crippen molar-refractivity contribution in [2.45, 2.75) is 18.9 Å². The number of carbonyl (C=O) groups is 1. The molecule has 4 rings (SSSR count). The first kappa shape index (κ1) is 17.4. The number of para-hydroxylation sites is 1. The highest BCUT2D eigenvalue weighted by atomic mass is 35.5. The van der Waals surface area contributed by atoms with Crippen molar-refractivity contribution in [1.29, 1.82) is 0 Å². The number of rotatable bonds is 4. The van der Waals surface area contributed by atoms with E-state index in [2.05, 4.69) is 4.98 Å². The Kier molecular flexibility index (Phi) is 4.89. The molecule has 1 aliphatic rings. The molecule has 0 spiro atoms. The zero-order valence-electron chi connectivity index (χ0n) is 13.8. The number of fused-ring (bicyclic) bond motifs is 1. The summed E-state index contributed by atoms with van der Waals surface area (Å²) in [5.41, 5.74) is 1.09. The molecule has 134 valence electrons. The van der Waals surface area contributed by atoms with Crippen LogP contribution in [-0.2, 0) is 4.74 Å². The molecule has 2 heterocycles. The lowest BCUT2D eigenvalue weighted by molar-refractivity contribution is 0.0917. The zero-order chi connectivity index (χ0) is 18.1. The molecule has 7 heteroatoms. The fraction of sp³-hybridized carbons (Fsp3) is 0.263. The number of ether oxygens (including phenoxy) is 1. The Balaban J connectivity index is 1.72. The highest BCUT2D eigenvalue weighted by Crippen LogP contribution is 2.31. The highest BCUT2D eigenvalue weighted by molar-refractivity contribution is 7.22. The molecule has 2 aromatic carbocycles. The largest absolute Gasteiger partial charge is 0.376 e. The summed E-state index contributed by atoms with van der Waals surface area (Å²) in [6.07, 6.45) is 1.83. The summed E-state index contributed by atoms with van der Waals surface area (Å²) < 4.78 is 20.1. The number of amides is 1. The number of aromatic nitrogens is 1. The van der Waals surface area contributed by atoms with Crippen LogP contribution in [0.1, 0.15) is 23.2 Å². The molecule has 1 fully saturated rings. The molecule has 0 N–H and O–H groups in total. The van der Waals surface area contributed by atoms with Crippen molar-refractivity contribution in [3.05, 3.63) is 58.9 Å². The van der Waals surface area contributed by atoms with E-state index in [-0.39, 0.29) is 22.6 Å². The Bertz CT molecular complexity index is 923. The molecular formula is C19H16ClFN2O2S. The lowest BCUT2D eigenvalue weighted by atomic mass is 10.1. The first-order chi connectivity index (χ1) is 12.6. The standard InChI is InChI=1S/C19H16ClFN2O2S/c20-15-10-12(21)7-8-14(15)18(24)23(11-13-4-3-9-25-13)19-22-16-5-1-2-6-17(16)26-19/h1-2,5-8,10,13H,3-4,9,11H2/t13-/m0/s1. The van der Waals surface area contributed by atoms with Gasteiger partial charge in [0, 0.05) is 6.61 Å². The SMILES string of the molecule is O=C(c1ccc(F)cc1Cl)N(C[C@@H]1CCCO1)c1nc2ccccc2s1. The van der Waals surface area contributed by atoms with Gasteiger partial charge in [-0.2, -0.15) is 0 Å². The number of hydrogen-bond donors (Lipinski definition) is 0. The normalized spacial score (nSPS) is 16.9. The minimum Gasteiger partial charge on any atom is -0.376 e. The third-order valence-corrected chi connectivity index (χ3v) is 5.70. The zero-order valence-corrected chi connectivity index (χ0v) is 15.4. The van der Waals surface area contributed by atoms with Gasteiger partial charge in [0.15, 0.2) is 5.13 Å². The Hall–Kier alpha value is -2.02. The maximum absolute atomic E-state index is 13.4. The Morgan fingerprint density at radius 2 is 2.19 bits per heavy atom. The van der Waals surface area contributed by atoms with Gasteiger partial charge in [0.2, 0.25) is 0 Å². The Morgan fingerprint density at radius 3 is 2.92 bits per heavy atom. The molecule has 0 aliphatic carbocycles. The van der Waals surface area contributed by atoms with E-state index in [1.165, 1.54) is 23.5 Å². The molecule has 1 amide bonds. The van der Waals surface area contributed by atoms with E-state index in [0.717, 1.165) is 29.1 Å². The van der Waals surface area contributed by atoms with Crippen LogP contribution in [0.3, 0.4) is 0 Å². The quantitative estimate of drug-likeness (QED) is 0.635. The van der Waals surface area contributed by atoms with E-state index in [9.17, 15) is 9.18 Å². The van der Waals surface area contributed by atoms with Gasteiger partial charge in [0.1, 0.15) is 5.82 Å². The van der Waals surface area contributed by atoms with Gasteiger partial charge in [-0.05, 0) is 43.2 Å². The molecule has 1 aromatic heterocycles. The minimum atomic E-state index is -0.475. The summed E-state index contributed by atoms with van der Waals surface area (Å²) in [5, 5.41) is 0.681. The molecule has 26 heavy (non-hydrogen) atoms. The van der Waals surface area contributed by atoms with Crippen LogP contribution in [0, 0.1) is 5.82 Å². The lowest BCUT2D eigenvalue weighted by Gasteiger charge is -2.23. The average Bonchev–Trinajstić information content (AvgIpc) is 3.28. The van der Waals surface area contributed by atoms with Crippen molar-refractivity contribution in [2.75, 3.05) is 18.1 Å². The number of carbonyl (C=O) groups excluding carboxylic acids is 1. The van der Waals surface area contributed by atoms with Crippen molar-refractivity contribution in [2.24, 2.45) is 0 Å². The smallest absolute Gasteiger partial charge is 0.261 e. The van der Waals surface area contributed by atoms with Gasteiger partial charge in [-0.25, -0.2) is 9.37 Å². The molecule has 0 radical (unpaired) electrons. The predicted molar refractivity (Wildman–Crippen MR) is 102 cm³/mol. The van der Waals surface area contributed by atoms with Crippen molar-refractivity contribution in [3.8, 4) is 0 Å². The summed E-state index contributed by atoms with van der Waals surface area (Å²) in [5.74, 6) is -0.776. The topological polar surface area (TPSA) is 42.4 Å². The van der Waals surface area contributed by atoms with Crippen LogP contribution >= 0.6 is 22.9 Å². The molecular weight excluding hydrogens is 375 g/mol. The van der Waals surface area contributed by atoms with E-state index in [1.807, 2.05) is 24.3 Å². The maximum atomic E-state index is 13.4. The molecule has 0 bridgehead atoms. The second-order valence-electron chi connectivity index (χ2n) is 6.14. The van der Waals surface area contributed by atoms with E-state index in [4.69, 9.17) is 16.3 Å². The first-order valence-electron chi connectivity index (χ1n) is 8.36. The van der Waals surface area contributed by atoms with E-state index < -0.39 is 5.82 Å². The van der Waals surface area contributed by atoms with Crippen LogP contribution in [0.5, 0.6) is 0 Å². The second kappa shape index (κ2) is 7.31. The monoisotopic (exact) mass is 390 g/mol. The maximum Gasteiger partial charge on any atom is 0.261 e. The van der Waals surface area contributed by atoms with Gasteiger partial charge >= 0.3 is 0 Å². The van der Waals surface area contributed by atoms with Crippen molar-refractivity contribution >= 4 is 44.2 Å². The Morgan fingerprint density at radius 1 is 1.35 bits per heavy atom.